The molecule has 0 N–H and O–H groups in total. The number of benzene rings is 1. The molecule has 7 heteroatoms. The van der Waals surface area contributed by atoms with Crippen molar-refractivity contribution in [3.8, 4) is 0 Å². The van der Waals surface area contributed by atoms with E-state index >= 15 is 0 Å². The Morgan fingerprint density at radius 2 is 1.46 bits per heavy atom. The topological polar surface area (TPSA) is 20.6 Å². The number of halogens is 3. The van der Waals surface area contributed by atoms with Gasteiger partial charge in [-0.15, -0.1) is 12.6 Å². The predicted octanol–water partition coefficient (Wildman–Crippen LogP) is 5.21. The fourth-order valence-electron chi connectivity index (χ4n) is 2.80. The van der Waals surface area contributed by atoms with E-state index in [0.717, 1.165) is 26.1 Å². The molecule has 3 nitrogen and oxygen atoms in total. The molecule has 1 fully saturated rings. The maximum atomic E-state index is 4.97. The van der Waals surface area contributed by atoms with Crippen LogP contribution >= 0.6 is 27.9 Å². The van der Waals surface area contributed by atoms with Crippen LogP contribution in [-0.2, 0) is 14.7 Å². The Balaban J connectivity index is 0.000000648. The molecule has 1 heterocycles. The monoisotopic (exact) mass is 427 g/mol. The Morgan fingerprint density at radius 3 is 2.08 bits per heavy atom. The molecule has 1 aliphatic rings. The average molecular weight is 429 g/mol. The molecule has 1 aromatic carbocycles. The Bertz CT molecular complexity index is 420. The zero-order chi connectivity index (χ0) is 17.8. The second-order valence-electron chi connectivity index (χ2n) is 6.15. The molecule has 1 atom stereocenters. The van der Waals surface area contributed by atoms with Gasteiger partial charge in [-0.2, -0.15) is 0 Å². The number of rotatable bonds is 1. The minimum absolute atomic E-state index is 0.364. The van der Waals surface area contributed by atoms with Gasteiger partial charge in [0, 0.05) is 0 Å². The molecule has 0 bridgehead atoms. The van der Waals surface area contributed by atoms with Crippen LogP contribution in [-0.4, -0.2) is 56.6 Å². The molecule has 0 spiro atoms. The zero-order valence-corrected chi connectivity index (χ0v) is 18.4. The molecular formula is C17H28Cl3N3Ti. The summed E-state index contributed by atoms with van der Waals surface area (Å²) in [4.78, 5) is 4.88. The fourth-order valence-corrected chi connectivity index (χ4v) is 2.80. The van der Waals surface area contributed by atoms with E-state index in [9.17, 15) is 0 Å². The number of hydrogen-bond donors (Lipinski definition) is 0. The van der Waals surface area contributed by atoms with E-state index < -0.39 is 14.7 Å². The van der Waals surface area contributed by atoms with E-state index in [0.29, 0.717) is 6.04 Å². The first-order valence-electron chi connectivity index (χ1n) is 8.41. The Kier molecular flexibility index (Phi) is 13.1. The third kappa shape index (κ3) is 11.3. The second-order valence-corrected chi connectivity index (χ2v) is 13.9. The fraction of sp³-hybridized carbons (Fsp3) is 0.647. The summed E-state index contributed by atoms with van der Waals surface area (Å²) in [6.07, 6.45) is 3.58. The summed E-state index contributed by atoms with van der Waals surface area (Å²) in [5.41, 5.74) is 1.37. The quantitative estimate of drug-likeness (QED) is 0.572. The van der Waals surface area contributed by atoms with Crippen molar-refractivity contribution in [3.63, 3.8) is 0 Å². The first kappa shape index (κ1) is 22.7. The average Bonchev–Trinajstić information content (AvgIpc) is 2.53. The molecule has 1 saturated heterocycles. The van der Waals surface area contributed by atoms with E-state index in [1.807, 2.05) is 0 Å². The van der Waals surface area contributed by atoms with E-state index in [1.54, 1.807) is 0 Å². The molecule has 0 amide bonds. The van der Waals surface area contributed by atoms with Crippen molar-refractivity contribution in [2.45, 2.75) is 25.3 Å². The van der Waals surface area contributed by atoms with Crippen LogP contribution in [0.15, 0.2) is 30.3 Å². The van der Waals surface area contributed by atoms with Crippen LogP contribution in [0.1, 0.15) is 30.9 Å². The Hall–Kier alpha value is 0.684. The third-order valence-electron chi connectivity index (χ3n) is 4.10. The van der Waals surface area contributed by atoms with Crippen LogP contribution in [0.4, 0.5) is 0 Å². The van der Waals surface area contributed by atoms with Crippen molar-refractivity contribution in [1.82, 2.24) is 9.80 Å². The van der Waals surface area contributed by atoms with Gasteiger partial charge in [0.15, 0.2) is 0 Å². The summed E-state index contributed by atoms with van der Waals surface area (Å²) in [6.45, 7) is 5.66. The van der Waals surface area contributed by atoms with Crippen LogP contribution < -0.4 is 0 Å². The van der Waals surface area contributed by atoms with Crippen molar-refractivity contribution < 1.29 is 14.7 Å². The second kappa shape index (κ2) is 13.8. The molecule has 1 aliphatic heterocycles. The van der Waals surface area contributed by atoms with Crippen LogP contribution in [0.3, 0.4) is 0 Å². The molecule has 0 aromatic heterocycles. The molecule has 1 unspecified atom stereocenters. The summed E-state index contributed by atoms with van der Waals surface area (Å²) in [7, 11) is 19.4. The zero-order valence-electron chi connectivity index (χ0n) is 14.6. The van der Waals surface area contributed by atoms with Gasteiger partial charge in [-0.05, 0) is 46.7 Å². The van der Waals surface area contributed by atoms with Crippen LogP contribution in [0.2, 0.25) is 0 Å². The van der Waals surface area contributed by atoms with Gasteiger partial charge in [-0.25, -0.2) is 0 Å². The molecule has 0 saturated carbocycles. The van der Waals surface area contributed by atoms with Gasteiger partial charge >= 0.3 is 42.6 Å². The molecule has 0 radical (unpaired) electrons. The first-order chi connectivity index (χ1) is 11.5. The Labute approximate surface area is 165 Å². The van der Waals surface area contributed by atoms with Gasteiger partial charge in [0.1, 0.15) is 0 Å². The first-order valence-corrected chi connectivity index (χ1v) is 14.9. The van der Waals surface area contributed by atoms with Crippen LogP contribution in [0, 0.1) is 0 Å². The van der Waals surface area contributed by atoms with Crippen molar-refractivity contribution in [2.24, 2.45) is 0 Å². The van der Waals surface area contributed by atoms with Gasteiger partial charge in [0.05, 0.1) is 0 Å². The summed E-state index contributed by atoms with van der Waals surface area (Å²) in [5.74, 6) is 0. The normalized spacial score (nSPS) is 21.8. The molecule has 24 heavy (non-hydrogen) atoms. The van der Waals surface area contributed by atoms with Gasteiger partial charge in [-0.1, -0.05) is 48.7 Å². The number of nitrogens with zero attached hydrogens (tertiary/aromatic N) is 3. The van der Waals surface area contributed by atoms with Gasteiger partial charge in [0.2, 0.25) is 0 Å². The molecule has 2 rings (SSSR count). The number of hydrogen-bond acceptors (Lipinski definition) is 2. The van der Waals surface area contributed by atoms with Crippen molar-refractivity contribution >= 4 is 27.9 Å². The van der Waals surface area contributed by atoms with E-state index in [-0.39, 0.29) is 0 Å². The van der Waals surface area contributed by atoms with Gasteiger partial charge in [0.25, 0.3) is 0 Å². The van der Waals surface area contributed by atoms with Crippen molar-refractivity contribution in [1.29, 1.82) is 0 Å². The predicted molar refractivity (Wildman–Crippen MR) is 104 cm³/mol. The van der Waals surface area contributed by atoms with Crippen molar-refractivity contribution in [2.75, 3.05) is 46.8 Å². The van der Waals surface area contributed by atoms with E-state index in [1.165, 1.54) is 31.5 Å². The molecular weight excluding hydrogens is 400 g/mol. The molecule has 1 aromatic rings. The van der Waals surface area contributed by atoms with Crippen LogP contribution in [0.25, 0.3) is 5.32 Å². The third-order valence-corrected chi connectivity index (χ3v) is 4.10. The maximum absolute atomic E-state index is 4.97. The van der Waals surface area contributed by atoms with Crippen LogP contribution in [0.5, 0.6) is 0 Å². The Morgan fingerprint density at radius 1 is 0.917 bits per heavy atom. The summed E-state index contributed by atoms with van der Waals surface area (Å²) in [5, 5.41) is 4.94. The minimum atomic E-state index is -1.92. The van der Waals surface area contributed by atoms with Gasteiger partial charge < -0.3 is 15.1 Å². The molecule has 136 valence electrons. The van der Waals surface area contributed by atoms with E-state index in [4.69, 9.17) is 33.2 Å². The van der Waals surface area contributed by atoms with Gasteiger partial charge in [-0.3, -0.25) is 0 Å². The summed E-state index contributed by atoms with van der Waals surface area (Å²) >= 11 is -1.92. The van der Waals surface area contributed by atoms with Crippen molar-refractivity contribution in [3.05, 3.63) is 41.2 Å². The SMILES string of the molecule is CN1CCC[N-]C(c2ccccc2)CCN(C)CCC1.[Cl][Ti+]([Cl])[Cl]. The summed E-state index contributed by atoms with van der Waals surface area (Å²) < 4.78 is 0. The molecule has 0 aliphatic carbocycles. The van der Waals surface area contributed by atoms with E-state index in [2.05, 4.69) is 54.2 Å². The standard InChI is InChI=1S/C17H28N3.3ClH.Ti/c1-19-12-6-11-18-17(16-8-4-3-5-9-16)10-15-20(2)14-7-13-19;;;;/h3-5,8-9,17H,6-7,10-15H2,1-2H3;3*1H;/q-1;;;;+4/p-3. The summed E-state index contributed by atoms with van der Waals surface area (Å²) in [6, 6.07) is 11.1.